The van der Waals surface area contributed by atoms with E-state index in [2.05, 4.69) is 17.1 Å². The number of benzene rings is 1. The molecule has 1 aromatic carbocycles. The Bertz CT molecular complexity index is 537. The van der Waals surface area contributed by atoms with Crippen LogP contribution >= 0.6 is 0 Å². The summed E-state index contributed by atoms with van der Waals surface area (Å²) in [6.07, 6.45) is 5.32. The molecule has 0 aliphatic rings. The van der Waals surface area contributed by atoms with Gasteiger partial charge in [-0.2, -0.15) is 0 Å². The molecule has 0 spiro atoms. The van der Waals surface area contributed by atoms with E-state index in [1.807, 2.05) is 42.2 Å². The van der Waals surface area contributed by atoms with Gasteiger partial charge in [-0.05, 0) is 38.4 Å². The zero-order valence-corrected chi connectivity index (χ0v) is 12.6. The normalized spacial score (nSPS) is 11.4. The van der Waals surface area contributed by atoms with Crippen molar-refractivity contribution in [3.05, 3.63) is 48.5 Å². The SMILES string of the molecule is CC(CCCN)C(=O)O.Cc1cn(-c2ccccc2)cn1. The second kappa shape index (κ2) is 8.92. The first-order chi connectivity index (χ1) is 10.0. The van der Waals surface area contributed by atoms with Crippen LogP contribution in [-0.2, 0) is 4.79 Å². The third-order valence-electron chi connectivity index (χ3n) is 3.03. The molecule has 0 radical (unpaired) electrons. The Hall–Kier alpha value is -2.14. The molecule has 0 fully saturated rings. The van der Waals surface area contributed by atoms with Gasteiger partial charge >= 0.3 is 5.97 Å². The van der Waals surface area contributed by atoms with E-state index >= 15 is 0 Å². The molecule has 0 aliphatic heterocycles. The van der Waals surface area contributed by atoms with Crippen molar-refractivity contribution < 1.29 is 9.90 Å². The maximum atomic E-state index is 10.2. The highest BCUT2D eigenvalue weighted by Crippen LogP contribution is 2.06. The standard InChI is InChI=1S/C10H10N2.C6H13NO2/c1-9-7-12(8-11-9)10-5-3-2-4-6-10;1-5(6(8)9)3-2-4-7/h2-8H,1H3;5H,2-4,7H2,1H3,(H,8,9). The minimum atomic E-state index is -0.733. The molecule has 0 saturated carbocycles. The summed E-state index contributed by atoms with van der Waals surface area (Å²) in [5.41, 5.74) is 7.38. The fourth-order valence-corrected chi connectivity index (χ4v) is 1.71. The van der Waals surface area contributed by atoms with Crippen molar-refractivity contribution in [3.63, 3.8) is 0 Å². The summed E-state index contributed by atoms with van der Waals surface area (Å²) in [5.74, 6) is -0.975. The van der Waals surface area contributed by atoms with Crippen LogP contribution in [-0.4, -0.2) is 27.2 Å². The fraction of sp³-hybridized carbons (Fsp3) is 0.375. The lowest BCUT2D eigenvalue weighted by Gasteiger charge is -2.02. The number of carboxylic acids is 1. The maximum Gasteiger partial charge on any atom is 0.306 e. The van der Waals surface area contributed by atoms with Crippen molar-refractivity contribution in [1.82, 2.24) is 9.55 Å². The molecule has 2 rings (SSSR count). The lowest BCUT2D eigenvalue weighted by Crippen LogP contribution is -2.11. The first kappa shape index (κ1) is 16.9. The fourth-order valence-electron chi connectivity index (χ4n) is 1.71. The van der Waals surface area contributed by atoms with E-state index < -0.39 is 5.97 Å². The van der Waals surface area contributed by atoms with E-state index in [0.717, 1.165) is 17.8 Å². The molecule has 1 heterocycles. The number of rotatable bonds is 5. The van der Waals surface area contributed by atoms with Crippen LogP contribution < -0.4 is 5.73 Å². The molecular weight excluding hydrogens is 266 g/mol. The second-order valence-corrected chi connectivity index (χ2v) is 4.93. The van der Waals surface area contributed by atoms with Crippen LogP contribution in [0.4, 0.5) is 0 Å². The summed E-state index contributed by atoms with van der Waals surface area (Å²) in [4.78, 5) is 14.3. The predicted octanol–water partition coefficient (Wildman–Crippen LogP) is 2.63. The van der Waals surface area contributed by atoms with E-state index in [-0.39, 0.29) is 5.92 Å². The van der Waals surface area contributed by atoms with E-state index in [4.69, 9.17) is 10.8 Å². The molecule has 0 saturated heterocycles. The monoisotopic (exact) mass is 289 g/mol. The second-order valence-electron chi connectivity index (χ2n) is 4.93. The number of para-hydroxylation sites is 1. The van der Waals surface area contributed by atoms with E-state index in [9.17, 15) is 4.79 Å². The minimum Gasteiger partial charge on any atom is -0.481 e. The number of aliphatic carboxylic acids is 1. The summed E-state index contributed by atoms with van der Waals surface area (Å²) in [5, 5.41) is 8.37. The van der Waals surface area contributed by atoms with Crippen LogP contribution in [0.2, 0.25) is 0 Å². The topological polar surface area (TPSA) is 81.1 Å². The maximum absolute atomic E-state index is 10.2. The summed E-state index contributed by atoms with van der Waals surface area (Å²) in [6.45, 7) is 4.26. The molecule has 0 amide bonds. The van der Waals surface area contributed by atoms with Crippen LogP contribution in [0.15, 0.2) is 42.9 Å². The molecular formula is C16H23N3O2. The smallest absolute Gasteiger partial charge is 0.306 e. The molecule has 1 atom stereocenters. The molecule has 21 heavy (non-hydrogen) atoms. The Balaban J connectivity index is 0.000000222. The molecule has 114 valence electrons. The summed E-state index contributed by atoms with van der Waals surface area (Å²) in [6, 6.07) is 10.2. The number of imidazole rings is 1. The van der Waals surface area contributed by atoms with Gasteiger partial charge in [0.05, 0.1) is 17.9 Å². The van der Waals surface area contributed by atoms with E-state index in [0.29, 0.717) is 13.0 Å². The van der Waals surface area contributed by atoms with Crippen molar-refractivity contribution in [2.45, 2.75) is 26.7 Å². The van der Waals surface area contributed by atoms with Crippen molar-refractivity contribution >= 4 is 5.97 Å². The van der Waals surface area contributed by atoms with Crippen LogP contribution in [0.1, 0.15) is 25.5 Å². The van der Waals surface area contributed by atoms with Gasteiger partial charge in [-0.1, -0.05) is 25.1 Å². The Morgan fingerprint density at radius 2 is 2.05 bits per heavy atom. The van der Waals surface area contributed by atoms with E-state index in [1.54, 1.807) is 6.92 Å². The first-order valence-electron chi connectivity index (χ1n) is 7.03. The van der Waals surface area contributed by atoms with Crippen LogP contribution in [0.5, 0.6) is 0 Å². The average Bonchev–Trinajstić information content (AvgIpc) is 2.93. The van der Waals surface area contributed by atoms with Gasteiger partial charge < -0.3 is 15.4 Å². The van der Waals surface area contributed by atoms with Gasteiger partial charge in [0.1, 0.15) is 0 Å². The number of hydrogen-bond acceptors (Lipinski definition) is 3. The number of nitrogens with zero attached hydrogens (tertiary/aromatic N) is 2. The third-order valence-corrected chi connectivity index (χ3v) is 3.03. The number of aryl methyl sites for hydroxylation is 1. The Morgan fingerprint density at radius 3 is 2.52 bits per heavy atom. The quantitative estimate of drug-likeness (QED) is 0.886. The van der Waals surface area contributed by atoms with Crippen molar-refractivity contribution in [2.24, 2.45) is 11.7 Å². The Labute approximate surface area is 125 Å². The number of aromatic nitrogens is 2. The zero-order chi connectivity index (χ0) is 15.7. The van der Waals surface area contributed by atoms with Crippen molar-refractivity contribution in [1.29, 1.82) is 0 Å². The number of carbonyl (C=O) groups is 1. The van der Waals surface area contributed by atoms with Crippen LogP contribution in [0.25, 0.3) is 5.69 Å². The van der Waals surface area contributed by atoms with Crippen molar-refractivity contribution in [2.75, 3.05) is 6.54 Å². The lowest BCUT2D eigenvalue weighted by molar-refractivity contribution is -0.141. The van der Waals surface area contributed by atoms with Gasteiger partial charge in [0.2, 0.25) is 0 Å². The van der Waals surface area contributed by atoms with Gasteiger partial charge in [-0.3, -0.25) is 4.79 Å². The predicted molar refractivity (Wildman–Crippen MR) is 83.4 cm³/mol. The average molecular weight is 289 g/mol. The summed E-state index contributed by atoms with van der Waals surface area (Å²) < 4.78 is 2.01. The minimum absolute atomic E-state index is 0.242. The number of hydrogen-bond donors (Lipinski definition) is 2. The van der Waals surface area contributed by atoms with E-state index in [1.165, 1.54) is 0 Å². The molecule has 0 aliphatic carbocycles. The van der Waals surface area contributed by atoms with Gasteiger partial charge in [-0.15, -0.1) is 0 Å². The highest BCUT2D eigenvalue weighted by atomic mass is 16.4. The number of nitrogens with two attached hydrogens (primary N) is 1. The Morgan fingerprint density at radius 1 is 1.38 bits per heavy atom. The summed E-state index contributed by atoms with van der Waals surface area (Å²) in [7, 11) is 0. The molecule has 3 N–H and O–H groups in total. The first-order valence-corrected chi connectivity index (χ1v) is 7.03. The number of carboxylic acid groups (broad SMARTS) is 1. The van der Waals surface area contributed by atoms with Gasteiger partial charge in [0.15, 0.2) is 0 Å². The molecule has 0 bridgehead atoms. The third kappa shape index (κ3) is 6.23. The van der Waals surface area contributed by atoms with Gasteiger partial charge in [0, 0.05) is 11.9 Å². The van der Waals surface area contributed by atoms with Gasteiger partial charge in [-0.25, -0.2) is 4.98 Å². The molecule has 1 aromatic heterocycles. The summed E-state index contributed by atoms with van der Waals surface area (Å²) >= 11 is 0. The van der Waals surface area contributed by atoms with Gasteiger partial charge in [0.25, 0.3) is 0 Å². The van der Waals surface area contributed by atoms with Crippen LogP contribution in [0.3, 0.4) is 0 Å². The Kier molecular flexibility index (Phi) is 7.18. The molecule has 2 aromatic rings. The molecule has 1 unspecified atom stereocenters. The van der Waals surface area contributed by atoms with Crippen molar-refractivity contribution in [3.8, 4) is 5.69 Å². The lowest BCUT2D eigenvalue weighted by atomic mass is 10.1. The largest absolute Gasteiger partial charge is 0.481 e. The highest BCUT2D eigenvalue weighted by molar-refractivity contribution is 5.69. The molecule has 5 heteroatoms. The molecule has 5 nitrogen and oxygen atoms in total. The zero-order valence-electron chi connectivity index (χ0n) is 12.6. The highest BCUT2D eigenvalue weighted by Gasteiger charge is 2.08. The van der Waals surface area contributed by atoms with Crippen LogP contribution in [0, 0.1) is 12.8 Å².